The van der Waals surface area contributed by atoms with Crippen molar-refractivity contribution in [2.75, 3.05) is 13.1 Å². The van der Waals surface area contributed by atoms with E-state index in [1.807, 2.05) is 13.0 Å². The van der Waals surface area contributed by atoms with Gasteiger partial charge in [-0.1, -0.05) is 25.5 Å². The minimum absolute atomic E-state index is 0.368. The van der Waals surface area contributed by atoms with E-state index in [0.29, 0.717) is 30.4 Å². The lowest BCUT2D eigenvalue weighted by atomic mass is 9.97. The normalized spacial score (nSPS) is 21.1. The van der Waals surface area contributed by atoms with E-state index in [1.54, 1.807) is 16.4 Å². The van der Waals surface area contributed by atoms with Gasteiger partial charge in [0, 0.05) is 19.6 Å². The van der Waals surface area contributed by atoms with Gasteiger partial charge >= 0.3 is 0 Å². The average Bonchev–Trinajstić information content (AvgIpc) is 2.47. The third-order valence-corrected chi connectivity index (χ3v) is 6.30. The zero-order valence-corrected chi connectivity index (χ0v) is 13.1. The fraction of sp³-hybridized carbons (Fsp3) is 0.600. The smallest absolute Gasteiger partial charge is 0.243 e. The highest BCUT2D eigenvalue weighted by atomic mass is 32.2. The second-order valence-corrected chi connectivity index (χ2v) is 7.43. The molecule has 1 fully saturated rings. The second kappa shape index (κ2) is 6.24. The van der Waals surface area contributed by atoms with Crippen LogP contribution in [0.2, 0.25) is 0 Å². The van der Waals surface area contributed by atoms with Crippen molar-refractivity contribution in [3.63, 3.8) is 0 Å². The van der Waals surface area contributed by atoms with Crippen molar-refractivity contribution in [3.8, 4) is 0 Å². The van der Waals surface area contributed by atoms with Gasteiger partial charge in [-0.15, -0.1) is 0 Å². The lowest BCUT2D eigenvalue weighted by molar-refractivity contribution is 0.261. The second-order valence-electron chi connectivity index (χ2n) is 5.52. The fourth-order valence-electron chi connectivity index (χ4n) is 2.88. The van der Waals surface area contributed by atoms with Crippen LogP contribution in [-0.2, 0) is 16.6 Å². The van der Waals surface area contributed by atoms with Crippen LogP contribution in [0, 0.1) is 12.8 Å². The van der Waals surface area contributed by atoms with Crippen molar-refractivity contribution >= 4 is 10.0 Å². The summed E-state index contributed by atoms with van der Waals surface area (Å²) in [6, 6.07) is 5.36. The van der Waals surface area contributed by atoms with Gasteiger partial charge in [0.1, 0.15) is 0 Å². The first kappa shape index (κ1) is 15.5. The third-order valence-electron chi connectivity index (χ3n) is 4.29. The Morgan fingerprint density at radius 3 is 2.80 bits per heavy atom. The third kappa shape index (κ3) is 2.90. The van der Waals surface area contributed by atoms with Gasteiger partial charge in [0.15, 0.2) is 0 Å². The van der Waals surface area contributed by atoms with Gasteiger partial charge < -0.3 is 5.73 Å². The van der Waals surface area contributed by atoms with E-state index in [0.717, 1.165) is 30.4 Å². The molecule has 1 aliphatic rings. The lowest BCUT2D eigenvalue weighted by Gasteiger charge is -2.32. The first-order valence-corrected chi connectivity index (χ1v) is 8.73. The van der Waals surface area contributed by atoms with Crippen molar-refractivity contribution in [1.82, 2.24) is 4.31 Å². The van der Waals surface area contributed by atoms with Crippen molar-refractivity contribution in [1.29, 1.82) is 0 Å². The summed E-state index contributed by atoms with van der Waals surface area (Å²) >= 11 is 0. The van der Waals surface area contributed by atoms with E-state index in [1.165, 1.54) is 0 Å². The van der Waals surface area contributed by atoms with Crippen LogP contribution in [0.25, 0.3) is 0 Å². The molecule has 1 aromatic rings. The van der Waals surface area contributed by atoms with Crippen molar-refractivity contribution < 1.29 is 8.42 Å². The summed E-state index contributed by atoms with van der Waals surface area (Å²) in [6.07, 6.45) is 3.12. The Morgan fingerprint density at radius 2 is 2.15 bits per heavy atom. The van der Waals surface area contributed by atoms with Gasteiger partial charge in [-0.05, 0) is 42.9 Å². The first-order valence-electron chi connectivity index (χ1n) is 7.29. The van der Waals surface area contributed by atoms with Crippen LogP contribution >= 0.6 is 0 Å². The van der Waals surface area contributed by atoms with Gasteiger partial charge in [0.25, 0.3) is 0 Å². The van der Waals surface area contributed by atoms with E-state index in [4.69, 9.17) is 5.73 Å². The standard InChI is InChI=1S/C15H24N2O2S/c1-3-13-6-5-9-17(11-13)20(18,19)15-8-4-7-14(10-16)12(15)2/h4,7-8,13H,3,5-6,9-11,16H2,1-2H3. The first-order chi connectivity index (χ1) is 9.50. The Morgan fingerprint density at radius 1 is 1.40 bits per heavy atom. The van der Waals surface area contributed by atoms with Crippen LogP contribution in [0.4, 0.5) is 0 Å². The van der Waals surface area contributed by atoms with E-state index >= 15 is 0 Å². The molecule has 2 rings (SSSR count). The summed E-state index contributed by atoms with van der Waals surface area (Å²) in [7, 11) is -3.39. The molecule has 0 bridgehead atoms. The summed E-state index contributed by atoms with van der Waals surface area (Å²) in [5.74, 6) is 0.483. The van der Waals surface area contributed by atoms with Crippen LogP contribution in [0.15, 0.2) is 23.1 Å². The van der Waals surface area contributed by atoms with E-state index < -0.39 is 10.0 Å². The van der Waals surface area contributed by atoms with Gasteiger partial charge in [0.2, 0.25) is 10.0 Å². The minimum Gasteiger partial charge on any atom is -0.326 e. The van der Waals surface area contributed by atoms with Gasteiger partial charge in [-0.2, -0.15) is 4.31 Å². The fourth-order valence-corrected chi connectivity index (χ4v) is 4.70. The molecule has 1 heterocycles. The number of benzene rings is 1. The van der Waals surface area contributed by atoms with E-state index in [9.17, 15) is 8.42 Å². The topological polar surface area (TPSA) is 63.4 Å². The molecule has 1 unspecified atom stereocenters. The molecule has 1 saturated heterocycles. The maximum Gasteiger partial charge on any atom is 0.243 e. The molecule has 20 heavy (non-hydrogen) atoms. The Bertz CT molecular complexity index is 569. The SMILES string of the molecule is CCC1CCCN(S(=O)(=O)c2cccc(CN)c2C)C1. The minimum atomic E-state index is -3.39. The molecule has 4 nitrogen and oxygen atoms in total. The van der Waals surface area contributed by atoms with E-state index in [-0.39, 0.29) is 0 Å². The van der Waals surface area contributed by atoms with Gasteiger partial charge in [0.05, 0.1) is 4.90 Å². The van der Waals surface area contributed by atoms with Crippen molar-refractivity contribution in [2.24, 2.45) is 11.7 Å². The van der Waals surface area contributed by atoms with Crippen LogP contribution in [0.1, 0.15) is 37.3 Å². The predicted molar refractivity (Wildman–Crippen MR) is 80.8 cm³/mol. The lowest BCUT2D eigenvalue weighted by Crippen LogP contribution is -2.40. The molecule has 0 radical (unpaired) electrons. The quantitative estimate of drug-likeness (QED) is 0.927. The monoisotopic (exact) mass is 296 g/mol. The van der Waals surface area contributed by atoms with Crippen LogP contribution < -0.4 is 5.73 Å². The zero-order chi connectivity index (χ0) is 14.8. The zero-order valence-electron chi connectivity index (χ0n) is 12.3. The highest BCUT2D eigenvalue weighted by molar-refractivity contribution is 7.89. The molecule has 0 saturated carbocycles. The molecule has 1 aromatic carbocycles. The number of nitrogens with two attached hydrogens (primary N) is 1. The number of rotatable bonds is 4. The highest BCUT2D eigenvalue weighted by Gasteiger charge is 2.30. The molecule has 0 amide bonds. The number of hydrogen-bond acceptors (Lipinski definition) is 3. The summed E-state index contributed by atoms with van der Waals surface area (Å²) < 4.78 is 27.3. The molecule has 0 aliphatic carbocycles. The molecular weight excluding hydrogens is 272 g/mol. The van der Waals surface area contributed by atoms with Crippen LogP contribution in [-0.4, -0.2) is 25.8 Å². The summed E-state index contributed by atoms with van der Waals surface area (Å²) in [4.78, 5) is 0.414. The summed E-state index contributed by atoms with van der Waals surface area (Å²) in [5, 5.41) is 0. The predicted octanol–water partition coefficient (Wildman–Crippen LogP) is 2.26. The van der Waals surface area contributed by atoms with Crippen molar-refractivity contribution in [3.05, 3.63) is 29.3 Å². The molecule has 1 atom stereocenters. The van der Waals surface area contributed by atoms with Crippen LogP contribution in [0.3, 0.4) is 0 Å². The van der Waals surface area contributed by atoms with Gasteiger partial charge in [-0.25, -0.2) is 8.42 Å². The summed E-state index contributed by atoms with van der Waals surface area (Å²) in [6.45, 7) is 5.61. The van der Waals surface area contributed by atoms with E-state index in [2.05, 4.69) is 6.92 Å². The molecule has 1 aliphatic heterocycles. The highest BCUT2D eigenvalue weighted by Crippen LogP contribution is 2.27. The maximum atomic E-state index is 12.8. The number of sulfonamides is 1. The number of hydrogen-bond donors (Lipinski definition) is 1. The molecule has 112 valence electrons. The van der Waals surface area contributed by atoms with Crippen molar-refractivity contribution in [2.45, 2.75) is 44.6 Å². The summed E-state index contributed by atoms with van der Waals surface area (Å²) in [5.41, 5.74) is 7.36. The number of piperidine rings is 1. The van der Waals surface area contributed by atoms with Gasteiger partial charge in [-0.3, -0.25) is 0 Å². The van der Waals surface area contributed by atoms with Crippen LogP contribution in [0.5, 0.6) is 0 Å². The largest absolute Gasteiger partial charge is 0.326 e. The average molecular weight is 296 g/mol. The molecule has 0 spiro atoms. The Kier molecular flexibility index (Phi) is 4.83. The Hall–Kier alpha value is -0.910. The molecule has 2 N–H and O–H groups in total. The molecule has 0 aromatic heterocycles. The Balaban J connectivity index is 2.35. The molecular formula is C15H24N2O2S. The Labute approximate surface area is 122 Å². The molecule has 5 heteroatoms. The number of nitrogens with zero attached hydrogens (tertiary/aromatic N) is 1. The maximum absolute atomic E-state index is 12.8.